The molecule has 2 aromatic rings. The number of carbonyl (C=O) groups excluding carboxylic acids is 2. The van der Waals surface area contributed by atoms with Crippen LogP contribution in [0, 0.1) is 11.7 Å². The van der Waals surface area contributed by atoms with E-state index in [-0.39, 0.29) is 35.2 Å². The Morgan fingerprint density at radius 2 is 2.09 bits per heavy atom. The molecule has 0 bridgehead atoms. The van der Waals surface area contributed by atoms with Gasteiger partial charge in [0.1, 0.15) is 5.82 Å². The minimum absolute atomic E-state index is 0.00644. The lowest BCUT2D eigenvalue weighted by Crippen LogP contribution is -2.42. The van der Waals surface area contributed by atoms with E-state index < -0.39 is 6.04 Å². The number of ether oxygens (including phenoxy) is 1. The highest BCUT2D eigenvalue weighted by molar-refractivity contribution is 7.81. The number of aromatic nitrogens is 3. The van der Waals surface area contributed by atoms with Gasteiger partial charge in [-0.05, 0) is 43.9 Å². The maximum atomic E-state index is 14.7. The van der Waals surface area contributed by atoms with Crippen LogP contribution in [0.3, 0.4) is 0 Å². The van der Waals surface area contributed by atoms with Crippen molar-refractivity contribution in [1.82, 2.24) is 19.9 Å². The Labute approximate surface area is 198 Å². The zero-order chi connectivity index (χ0) is 23.4. The Morgan fingerprint density at radius 3 is 2.82 bits per heavy atom. The second-order valence-corrected chi connectivity index (χ2v) is 9.16. The molecule has 1 aromatic carbocycles. The van der Waals surface area contributed by atoms with E-state index in [1.165, 1.54) is 6.07 Å². The lowest BCUT2D eigenvalue weighted by atomic mass is 9.93. The van der Waals surface area contributed by atoms with Crippen LogP contribution in [0.25, 0.3) is 6.08 Å². The lowest BCUT2D eigenvalue weighted by molar-refractivity contribution is -0.143. The van der Waals surface area contributed by atoms with Gasteiger partial charge in [-0.25, -0.2) is 9.07 Å². The van der Waals surface area contributed by atoms with Crippen molar-refractivity contribution in [1.29, 1.82) is 0 Å². The number of Topliss-reactive ketones (excluding diaryl/α,β-unsaturated/α-hetero) is 1. The van der Waals surface area contributed by atoms with Crippen molar-refractivity contribution in [2.45, 2.75) is 50.4 Å². The zero-order valence-corrected chi connectivity index (χ0v) is 19.6. The molecule has 7 nitrogen and oxygen atoms in total. The third kappa shape index (κ3) is 5.70. The van der Waals surface area contributed by atoms with Gasteiger partial charge in [-0.3, -0.25) is 14.5 Å². The number of likely N-dealkylation sites (tertiary alicyclic amines) is 1. The number of benzene rings is 1. The van der Waals surface area contributed by atoms with Gasteiger partial charge in [0.2, 0.25) is 0 Å². The number of esters is 1. The smallest absolute Gasteiger partial charge is 0.307 e. The summed E-state index contributed by atoms with van der Waals surface area (Å²) < 4.78 is 21.4. The average Bonchev–Trinajstić information content (AvgIpc) is 3.56. The second kappa shape index (κ2) is 10.6. The lowest BCUT2D eigenvalue weighted by Gasteiger charge is -2.37. The van der Waals surface area contributed by atoms with E-state index >= 15 is 0 Å². The molecule has 9 heteroatoms. The third-order valence-electron chi connectivity index (χ3n) is 6.13. The number of ketones is 1. The molecular formula is C24H29FN4O3S. The van der Waals surface area contributed by atoms with Gasteiger partial charge in [0.25, 0.3) is 0 Å². The maximum Gasteiger partial charge on any atom is 0.307 e. The summed E-state index contributed by atoms with van der Waals surface area (Å²) in [6.07, 6.45) is 6.30. The van der Waals surface area contributed by atoms with E-state index in [1.54, 1.807) is 36.0 Å². The summed E-state index contributed by atoms with van der Waals surface area (Å²) in [4.78, 5) is 27.0. The summed E-state index contributed by atoms with van der Waals surface area (Å²) in [6.45, 7) is 3.62. The molecule has 1 saturated heterocycles. The SMILES string of the molecule is CCOC(=O)CCn1nncc1/C=C1/CN(C(C(=O)C2CC2)c2ccccc2F)CCC1S. The van der Waals surface area contributed by atoms with Gasteiger partial charge in [0.05, 0.1) is 37.5 Å². The van der Waals surface area contributed by atoms with Crippen LogP contribution in [-0.4, -0.2) is 56.6 Å². The van der Waals surface area contributed by atoms with Gasteiger partial charge in [-0.2, -0.15) is 12.6 Å². The molecule has 176 valence electrons. The van der Waals surface area contributed by atoms with Crippen LogP contribution in [0.1, 0.15) is 49.9 Å². The Balaban J connectivity index is 1.56. The van der Waals surface area contributed by atoms with Crippen LogP contribution in [0.2, 0.25) is 0 Å². The highest BCUT2D eigenvalue weighted by atomic mass is 32.1. The number of aryl methyl sites for hydroxylation is 1. The van der Waals surface area contributed by atoms with Gasteiger partial charge in [0, 0.05) is 29.8 Å². The summed E-state index contributed by atoms with van der Waals surface area (Å²) in [5, 5.41) is 8.07. The van der Waals surface area contributed by atoms with Gasteiger partial charge in [-0.15, -0.1) is 5.10 Å². The standard InChI is InChI=1S/C24H29FN4O3S/c1-2-32-22(30)10-12-29-18(14-26-27-29)13-17-15-28(11-9-21(17)33)23(24(31)16-7-8-16)19-5-3-4-6-20(19)25/h3-6,13-14,16,21,23,33H,2,7-12,15H2,1H3/b17-13-. The predicted octanol–water partition coefficient (Wildman–Crippen LogP) is 3.48. The molecule has 33 heavy (non-hydrogen) atoms. The van der Waals surface area contributed by atoms with E-state index in [9.17, 15) is 14.0 Å². The molecule has 1 aliphatic heterocycles. The summed E-state index contributed by atoms with van der Waals surface area (Å²) >= 11 is 4.76. The Kier molecular flexibility index (Phi) is 7.60. The quantitative estimate of drug-likeness (QED) is 0.445. The van der Waals surface area contributed by atoms with Crippen molar-refractivity contribution in [3.8, 4) is 0 Å². The Bertz CT molecular complexity index is 1040. The monoisotopic (exact) mass is 472 g/mol. The number of hydrogen-bond donors (Lipinski definition) is 1. The first-order valence-corrected chi connectivity index (χ1v) is 11.9. The molecule has 2 atom stereocenters. The number of rotatable bonds is 9. The molecule has 0 radical (unpaired) electrons. The van der Waals surface area contributed by atoms with Gasteiger partial charge in [-0.1, -0.05) is 23.4 Å². The predicted molar refractivity (Wildman–Crippen MR) is 125 cm³/mol. The van der Waals surface area contributed by atoms with Crippen molar-refractivity contribution in [3.05, 3.63) is 53.1 Å². The van der Waals surface area contributed by atoms with E-state index in [0.717, 1.165) is 30.5 Å². The molecular weight excluding hydrogens is 443 g/mol. The van der Waals surface area contributed by atoms with E-state index in [0.29, 0.717) is 31.8 Å². The van der Waals surface area contributed by atoms with Crippen LogP contribution in [0.4, 0.5) is 4.39 Å². The van der Waals surface area contributed by atoms with Crippen LogP contribution in [-0.2, 0) is 20.9 Å². The number of halogens is 1. The number of carbonyl (C=O) groups is 2. The molecule has 1 saturated carbocycles. The molecule has 2 aliphatic rings. The fourth-order valence-electron chi connectivity index (χ4n) is 4.24. The van der Waals surface area contributed by atoms with Crippen LogP contribution >= 0.6 is 12.6 Å². The molecule has 0 N–H and O–H groups in total. The first-order chi connectivity index (χ1) is 16.0. The normalized spacial score (nSPS) is 21.2. The van der Waals surface area contributed by atoms with Crippen molar-refractivity contribution < 1.29 is 18.7 Å². The molecule has 0 spiro atoms. The molecule has 4 rings (SSSR count). The summed E-state index contributed by atoms with van der Waals surface area (Å²) in [5.41, 5.74) is 2.20. The molecule has 1 aromatic heterocycles. The van der Waals surface area contributed by atoms with Gasteiger partial charge < -0.3 is 4.74 Å². The van der Waals surface area contributed by atoms with Crippen molar-refractivity contribution in [2.75, 3.05) is 19.7 Å². The van der Waals surface area contributed by atoms with Crippen molar-refractivity contribution in [3.63, 3.8) is 0 Å². The fraction of sp³-hybridized carbons (Fsp3) is 0.500. The van der Waals surface area contributed by atoms with Crippen LogP contribution < -0.4 is 0 Å². The van der Waals surface area contributed by atoms with Crippen LogP contribution in [0.5, 0.6) is 0 Å². The first kappa shape index (κ1) is 23.6. The first-order valence-electron chi connectivity index (χ1n) is 11.4. The van der Waals surface area contributed by atoms with E-state index in [4.69, 9.17) is 17.4 Å². The minimum atomic E-state index is -0.602. The Hall–Kier alpha value is -2.52. The van der Waals surface area contributed by atoms with Gasteiger partial charge >= 0.3 is 5.97 Å². The largest absolute Gasteiger partial charge is 0.466 e. The summed E-state index contributed by atoms with van der Waals surface area (Å²) in [5.74, 6) is -0.521. The third-order valence-corrected chi connectivity index (χ3v) is 6.72. The summed E-state index contributed by atoms with van der Waals surface area (Å²) in [6, 6.07) is 5.95. The second-order valence-electron chi connectivity index (χ2n) is 8.53. The Morgan fingerprint density at radius 1 is 1.30 bits per heavy atom. The number of hydrogen-bond acceptors (Lipinski definition) is 7. The van der Waals surface area contributed by atoms with E-state index in [1.807, 2.05) is 6.08 Å². The van der Waals surface area contributed by atoms with Crippen LogP contribution in [0.15, 0.2) is 36.0 Å². The molecule has 1 aliphatic carbocycles. The molecule has 2 heterocycles. The zero-order valence-electron chi connectivity index (χ0n) is 18.7. The molecule has 2 fully saturated rings. The topological polar surface area (TPSA) is 77.3 Å². The maximum absolute atomic E-state index is 14.7. The number of nitrogens with zero attached hydrogens (tertiary/aromatic N) is 4. The molecule has 2 unspecified atom stereocenters. The van der Waals surface area contributed by atoms with E-state index in [2.05, 4.69) is 15.2 Å². The highest BCUT2D eigenvalue weighted by Gasteiger charge is 2.40. The van der Waals surface area contributed by atoms with Crippen molar-refractivity contribution >= 4 is 30.5 Å². The number of thiol groups is 1. The number of piperidine rings is 1. The average molecular weight is 473 g/mol. The minimum Gasteiger partial charge on any atom is -0.466 e. The summed E-state index contributed by atoms with van der Waals surface area (Å²) in [7, 11) is 0. The highest BCUT2D eigenvalue weighted by Crippen LogP contribution is 2.39. The van der Waals surface area contributed by atoms with Gasteiger partial charge in [0.15, 0.2) is 5.78 Å². The fourth-order valence-corrected chi connectivity index (χ4v) is 4.52. The molecule has 0 amide bonds. The van der Waals surface area contributed by atoms with Crippen molar-refractivity contribution in [2.24, 2.45) is 5.92 Å².